The molecule has 1 amide bonds. The second-order valence-electron chi connectivity index (χ2n) is 8.76. The molecule has 184 valence electrons. The van der Waals surface area contributed by atoms with Gasteiger partial charge in [-0.3, -0.25) is 9.69 Å². The molecule has 0 saturated carbocycles. The van der Waals surface area contributed by atoms with Crippen LogP contribution in [0.15, 0.2) is 54.9 Å². The van der Waals surface area contributed by atoms with Gasteiger partial charge in [-0.15, -0.1) is 0 Å². The van der Waals surface area contributed by atoms with E-state index in [1.807, 2.05) is 36.4 Å². The van der Waals surface area contributed by atoms with Crippen LogP contribution in [0.4, 0.5) is 11.6 Å². The van der Waals surface area contributed by atoms with Gasteiger partial charge >= 0.3 is 0 Å². The summed E-state index contributed by atoms with van der Waals surface area (Å²) >= 11 is 0. The number of hydrogen-bond donors (Lipinski definition) is 2. The Labute approximate surface area is 207 Å². The van der Waals surface area contributed by atoms with Crippen LogP contribution >= 0.6 is 0 Å². The van der Waals surface area contributed by atoms with Gasteiger partial charge in [0, 0.05) is 63.4 Å². The molecule has 2 aromatic carbocycles. The van der Waals surface area contributed by atoms with E-state index in [4.69, 9.17) is 4.74 Å². The second-order valence-corrected chi connectivity index (χ2v) is 8.76. The van der Waals surface area contributed by atoms with Crippen molar-refractivity contribution in [2.24, 2.45) is 0 Å². The average Bonchev–Trinajstić information content (AvgIpc) is 2.90. The highest BCUT2D eigenvalue weighted by atomic mass is 16.5. The first kappa shape index (κ1) is 24.6. The number of aryl methyl sites for hydroxylation is 1. The molecule has 8 heteroatoms. The maximum absolute atomic E-state index is 12.4. The summed E-state index contributed by atoms with van der Waals surface area (Å²) in [6.45, 7) is 10.8. The number of carbonyl (C=O) groups is 1. The van der Waals surface area contributed by atoms with Gasteiger partial charge in [0.1, 0.15) is 5.75 Å². The maximum atomic E-state index is 12.4. The van der Waals surface area contributed by atoms with Gasteiger partial charge in [-0.25, -0.2) is 9.97 Å². The van der Waals surface area contributed by atoms with Crippen molar-refractivity contribution in [3.05, 3.63) is 66.0 Å². The smallest absolute Gasteiger partial charge is 0.262 e. The molecule has 1 saturated heterocycles. The molecule has 1 aliphatic rings. The zero-order chi connectivity index (χ0) is 24.6. The highest BCUT2D eigenvalue weighted by molar-refractivity contribution is 5.92. The van der Waals surface area contributed by atoms with Gasteiger partial charge in [-0.05, 0) is 54.4 Å². The van der Waals surface area contributed by atoms with Crippen molar-refractivity contribution < 1.29 is 9.53 Å². The number of benzene rings is 2. The Morgan fingerprint density at radius 1 is 0.971 bits per heavy atom. The number of hydrogen-bond acceptors (Lipinski definition) is 7. The van der Waals surface area contributed by atoms with E-state index in [0.717, 1.165) is 56.1 Å². The Kier molecular flexibility index (Phi) is 8.28. The van der Waals surface area contributed by atoms with E-state index in [0.29, 0.717) is 11.7 Å². The number of rotatable bonds is 9. The number of carbonyl (C=O) groups excluding carboxylic acids is 1. The molecule has 35 heavy (non-hydrogen) atoms. The van der Waals surface area contributed by atoms with Crippen molar-refractivity contribution in [3.8, 4) is 16.9 Å². The number of nitrogens with zero attached hydrogens (tertiary/aromatic N) is 4. The molecule has 3 aromatic rings. The first-order valence-corrected chi connectivity index (χ1v) is 12.1. The average molecular weight is 475 g/mol. The van der Waals surface area contributed by atoms with Crippen LogP contribution in [0.3, 0.4) is 0 Å². The summed E-state index contributed by atoms with van der Waals surface area (Å²) in [5.41, 5.74) is 5.16. The summed E-state index contributed by atoms with van der Waals surface area (Å²) in [6, 6.07) is 13.7. The van der Waals surface area contributed by atoms with Gasteiger partial charge in [0.05, 0.1) is 0 Å². The Hall–Kier alpha value is -3.49. The maximum Gasteiger partial charge on any atom is 0.262 e. The second kappa shape index (κ2) is 11.8. The van der Waals surface area contributed by atoms with Crippen molar-refractivity contribution in [3.63, 3.8) is 0 Å². The first-order valence-electron chi connectivity index (χ1n) is 12.1. The first-order chi connectivity index (χ1) is 17.0. The summed E-state index contributed by atoms with van der Waals surface area (Å²) in [5.74, 6) is 1.02. The summed E-state index contributed by atoms with van der Waals surface area (Å²) in [4.78, 5) is 25.9. The molecule has 1 aliphatic heterocycles. The van der Waals surface area contributed by atoms with Crippen LogP contribution in [-0.4, -0.2) is 72.1 Å². The topological polar surface area (TPSA) is 82.6 Å². The van der Waals surface area contributed by atoms with E-state index in [-0.39, 0.29) is 12.5 Å². The molecule has 0 atom stereocenters. The van der Waals surface area contributed by atoms with Crippen LogP contribution in [0.5, 0.6) is 5.75 Å². The lowest BCUT2D eigenvalue weighted by atomic mass is 10.1. The van der Waals surface area contributed by atoms with Crippen LogP contribution in [0.1, 0.15) is 18.1 Å². The van der Waals surface area contributed by atoms with Gasteiger partial charge in [-0.2, -0.15) is 0 Å². The number of anilines is 2. The predicted octanol–water partition coefficient (Wildman–Crippen LogP) is 3.65. The third-order valence-electron chi connectivity index (χ3n) is 6.37. The Balaban J connectivity index is 1.25. The number of aromatic nitrogens is 2. The summed E-state index contributed by atoms with van der Waals surface area (Å²) < 4.78 is 5.68. The van der Waals surface area contributed by atoms with Gasteiger partial charge in [0.25, 0.3) is 5.91 Å². The van der Waals surface area contributed by atoms with Crippen molar-refractivity contribution in [1.82, 2.24) is 19.8 Å². The molecular weight excluding hydrogens is 440 g/mol. The summed E-state index contributed by atoms with van der Waals surface area (Å²) in [5, 5.41) is 5.84. The number of likely N-dealkylation sites (N-methyl/N-ethyl adjacent to an activating group) is 1. The molecule has 0 bridgehead atoms. The molecule has 2 N–H and O–H groups in total. The molecule has 0 aliphatic carbocycles. The molecule has 2 heterocycles. The lowest BCUT2D eigenvalue weighted by molar-refractivity contribution is -0.118. The van der Waals surface area contributed by atoms with Gasteiger partial charge in [0.2, 0.25) is 5.95 Å². The SMILES string of the molecule is CCN1CCN(Cc2ccc(NC(=O)COc3ccc(-c4cnc(NC)nc4)cc3)cc2C)CC1. The Bertz CT molecular complexity index is 1110. The molecule has 0 radical (unpaired) electrons. The van der Waals surface area contributed by atoms with Crippen LogP contribution in [-0.2, 0) is 11.3 Å². The highest BCUT2D eigenvalue weighted by Gasteiger charge is 2.16. The van der Waals surface area contributed by atoms with Crippen molar-refractivity contribution in [2.45, 2.75) is 20.4 Å². The monoisotopic (exact) mass is 474 g/mol. The van der Waals surface area contributed by atoms with Crippen LogP contribution in [0, 0.1) is 6.92 Å². The lowest BCUT2D eigenvalue weighted by Crippen LogP contribution is -2.45. The molecule has 0 spiro atoms. The molecule has 1 fully saturated rings. The molecule has 4 rings (SSSR count). The molecule has 1 aromatic heterocycles. The predicted molar refractivity (Wildman–Crippen MR) is 140 cm³/mol. The third kappa shape index (κ3) is 6.77. The largest absolute Gasteiger partial charge is 0.484 e. The van der Waals surface area contributed by atoms with E-state index in [2.05, 4.69) is 50.3 Å². The van der Waals surface area contributed by atoms with E-state index in [9.17, 15) is 4.79 Å². The fourth-order valence-electron chi connectivity index (χ4n) is 4.15. The van der Waals surface area contributed by atoms with Gasteiger partial charge in [-0.1, -0.05) is 25.1 Å². The number of ether oxygens (including phenoxy) is 1. The normalized spacial score (nSPS) is 14.5. The summed E-state index contributed by atoms with van der Waals surface area (Å²) in [6.07, 6.45) is 3.53. The Morgan fingerprint density at radius 2 is 1.66 bits per heavy atom. The van der Waals surface area contributed by atoms with Crippen molar-refractivity contribution in [2.75, 3.05) is 57.0 Å². The van der Waals surface area contributed by atoms with Crippen LogP contribution < -0.4 is 15.4 Å². The number of amides is 1. The van der Waals surface area contributed by atoms with E-state index < -0.39 is 0 Å². The minimum atomic E-state index is -0.187. The fourth-order valence-corrected chi connectivity index (χ4v) is 4.15. The molecular formula is C27H34N6O2. The van der Waals surface area contributed by atoms with Gasteiger partial charge < -0.3 is 20.3 Å². The summed E-state index contributed by atoms with van der Waals surface area (Å²) in [7, 11) is 1.78. The molecule has 0 unspecified atom stereocenters. The standard InChI is InChI=1S/C27H34N6O2/c1-4-32-11-13-33(14-12-32)18-22-5-8-24(15-20(22)2)31-26(34)19-35-25-9-6-21(7-10-25)23-16-29-27(28-3)30-17-23/h5-10,15-17H,4,11-14,18-19H2,1-3H3,(H,31,34)(H,28,29,30). The van der Waals surface area contributed by atoms with Crippen molar-refractivity contribution in [1.29, 1.82) is 0 Å². The minimum Gasteiger partial charge on any atom is -0.484 e. The quantitative estimate of drug-likeness (QED) is 0.490. The molecule has 8 nitrogen and oxygen atoms in total. The van der Waals surface area contributed by atoms with E-state index >= 15 is 0 Å². The lowest BCUT2D eigenvalue weighted by Gasteiger charge is -2.34. The Morgan fingerprint density at radius 3 is 2.29 bits per heavy atom. The van der Waals surface area contributed by atoms with Crippen molar-refractivity contribution >= 4 is 17.5 Å². The van der Waals surface area contributed by atoms with Crippen LogP contribution in [0.2, 0.25) is 0 Å². The van der Waals surface area contributed by atoms with Gasteiger partial charge in [0.15, 0.2) is 6.61 Å². The zero-order valence-electron chi connectivity index (χ0n) is 20.8. The highest BCUT2D eigenvalue weighted by Crippen LogP contribution is 2.22. The van der Waals surface area contributed by atoms with E-state index in [1.165, 1.54) is 11.1 Å². The number of piperazine rings is 1. The van der Waals surface area contributed by atoms with E-state index in [1.54, 1.807) is 19.4 Å². The number of nitrogens with one attached hydrogen (secondary N) is 2. The van der Waals surface area contributed by atoms with Crippen LogP contribution in [0.25, 0.3) is 11.1 Å². The fraction of sp³-hybridized carbons (Fsp3) is 0.370. The zero-order valence-corrected chi connectivity index (χ0v) is 20.8. The minimum absolute atomic E-state index is 0.0537. The third-order valence-corrected chi connectivity index (χ3v) is 6.37.